The molecule has 37 heavy (non-hydrogen) atoms. The molecule has 1 aliphatic heterocycles. The van der Waals surface area contributed by atoms with Gasteiger partial charge < -0.3 is 20.3 Å². The van der Waals surface area contributed by atoms with Gasteiger partial charge in [0.25, 0.3) is 5.91 Å². The number of benzene rings is 2. The number of esters is 1. The predicted octanol–water partition coefficient (Wildman–Crippen LogP) is 5.91. The summed E-state index contributed by atoms with van der Waals surface area (Å²) in [5.41, 5.74) is -1.55. The van der Waals surface area contributed by atoms with Crippen molar-refractivity contribution in [3.8, 4) is 0 Å². The van der Waals surface area contributed by atoms with Gasteiger partial charge in [-0.15, -0.1) is 0 Å². The van der Waals surface area contributed by atoms with Crippen LogP contribution in [0.3, 0.4) is 0 Å². The van der Waals surface area contributed by atoms with Crippen molar-refractivity contribution in [1.29, 1.82) is 0 Å². The fraction of sp³-hybridized carbons (Fsp3) is 0.481. The minimum Gasteiger partial charge on any atom is -0.454 e. The molecule has 200 valence electrons. The van der Waals surface area contributed by atoms with Gasteiger partial charge in [0.1, 0.15) is 5.82 Å². The third kappa shape index (κ3) is 6.76. The first-order valence-electron chi connectivity index (χ1n) is 12.6. The van der Waals surface area contributed by atoms with Gasteiger partial charge in [0.05, 0.1) is 30.0 Å². The molecule has 0 atom stereocenters. The van der Waals surface area contributed by atoms with E-state index in [-0.39, 0.29) is 24.3 Å². The zero-order valence-corrected chi connectivity index (χ0v) is 22.9. The first kappa shape index (κ1) is 27.7. The van der Waals surface area contributed by atoms with Crippen LogP contribution in [0.1, 0.15) is 62.2 Å². The number of hydrogen-bond donors (Lipinski definition) is 2. The van der Waals surface area contributed by atoms with Gasteiger partial charge in [-0.05, 0) is 65.8 Å². The number of halogens is 4. The maximum Gasteiger partial charge on any atom is 0.303 e. The van der Waals surface area contributed by atoms with Gasteiger partial charge >= 0.3 is 5.97 Å². The molecule has 2 fully saturated rings. The number of nitrogens with one attached hydrogen (secondary N) is 2. The van der Waals surface area contributed by atoms with E-state index in [0.29, 0.717) is 16.2 Å². The van der Waals surface area contributed by atoms with Crippen LogP contribution in [0.5, 0.6) is 0 Å². The van der Waals surface area contributed by atoms with E-state index in [9.17, 15) is 22.8 Å². The molecule has 0 bridgehead atoms. The topological polar surface area (TPSA) is 70.7 Å². The van der Waals surface area contributed by atoms with E-state index in [1.807, 2.05) is 22.6 Å². The van der Waals surface area contributed by atoms with E-state index < -0.39 is 40.6 Å². The summed E-state index contributed by atoms with van der Waals surface area (Å²) in [5, 5.41) is 6.08. The highest BCUT2D eigenvalue weighted by Gasteiger charge is 2.49. The van der Waals surface area contributed by atoms with Crippen LogP contribution in [0.4, 0.5) is 24.5 Å². The Kier molecular flexibility index (Phi) is 8.99. The van der Waals surface area contributed by atoms with Crippen LogP contribution in [0, 0.1) is 21.0 Å². The van der Waals surface area contributed by atoms with Crippen molar-refractivity contribution in [2.24, 2.45) is 0 Å². The van der Waals surface area contributed by atoms with E-state index in [2.05, 4.69) is 10.6 Å². The molecule has 0 spiro atoms. The molecule has 4 rings (SSSR count). The summed E-state index contributed by atoms with van der Waals surface area (Å²) < 4.78 is 49.6. The fourth-order valence-corrected chi connectivity index (χ4v) is 5.50. The van der Waals surface area contributed by atoms with Gasteiger partial charge in [0, 0.05) is 23.1 Å². The second kappa shape index (κ2) is 12.0. The van der Waals surface area contributed by atoms with Crippen molar-refractivity contribution in [2.45, 2.75) is 63.5 Å². The Hall–Kier alpha value is -2.34. The van der Waals surface area contributed by atoms with Crippen molar-refractivity contribution < 1.29 is 27.5 Å². The van der Waals surface area contributed by atoms with Crippen molar-refractivity contribution in [3.05, 3.63) is 56.9 Å². The Morgan fingerprint density at radius 3 is 2.35 bits per heavy atom. The fourth-order valence-electron chi connectivity index (χ4n) is 5.05. The maximum atomic E-state index is 14.8. The largest absolute Gasteiger partial charge is 0.454 e. The molecule has 1 aliphatic carbocycles. The molecule has 2 aliphatic rings. The van der Waals surface area contributed by atoms with Crippen LogP contribution in [-0.4, -0.2) is 48.1 Å². The third-order valence-electron chi connectivity index (χ3n) is 6.94. The average Bonchev–Trinajstić information content (AvgIpc) is 2.80. The molecule has 6 nitrogen and oxygen atoms in total. The molecule has 2 aromatic carbocycles. The smallest absolute Gasteiger partial charge is 0.303 e. The lowest BCUT2D eigenvalue weighted by molar-refractivity contribution is -0.172. The van der Waals surface area contributed by atoms with Gasteiger partial charge in [0.15, 0.2) is 17.2 Å². The lowest BCUT2D eigenvalue weighted by atomic mass is 9.90. The molecule has 1 saturated heterocycles. The number of carbonyl (C=O) groups is 2. The number of carbonyl (C=O) groups excluding carboxylic acids is 2. The second-order valence-corrected chi connectivity index (χ2v) is 11.1. The third-order valence-corrected chi connectivity index (χ3v) is 7.61. The Bertz CT molecular complexity index is 1150. The van der Waals surface area contributed by atoms with Crippen LogP contribution in [-0.2, 0) is 9.53 Å². The van der Waals surface area contributed by atoms with Crippen molar-refractivity contribution in [2.75, 3.05) is 25.0 Å². The van der Waals surface area contributed by atoms with Crippen LogP contribution >= 0.6 is 22.6 Å². The maximum absolute atomic E-state index is 14.8. The van der Waals surface area contributed by atoms with Gasteiger partial charge in [-0.2, -0.15) is 0 Å². The highest BCUT2D eigenvalue weighted by Crippen LogP contribution is 2.33. The molecule has 10 heteroatoms. The average molecular weight is 629 g/mol. The minimum atomic E-state index is -1.28. The van der Waals surface area contributed by atoms with Gasteiger partial charge in [-0.3, -0.25) is 9.59 Å². The molecule has 1 heterocycles. The summed E-state index contributed by atoms with van der Waals surface area (Å²) in [6.45, 7) is 1.95. The van der Waals surface area contributed by atoms with E-state index >= 15 is 0 Å². The summed E-state index contributed by atoms with van der Waals surface area (Å²) in [6, 6.07) is 6.61. The van der Waals surface area contributed by atoms with Crippen LogP contribution < -0.4 is 10.6 Å². The standard InChI is InChI=1S/C27H31F3IN3O3/c1-17(35)37-27(14-32-19-7-5-3-2-4-6-8-19)15-34(16-27)26(36)20-10-11-21(28)24(30)25(20)33-23-12-9-18(31)13-22(23)29/h9-13,19,32-33H,2-8,14-16H2,1H3. The molecule has 2 aromatic rings. The van der Waals surface area contributed by atoms with Crippen LogP contribution in [0.2, 0.25) is 0 Å². The molecule has 0 unspecified atom stereocenters. The number of amides is 1. The summed E-state index contributed by atoms with van der Waals surface area (Å²) in [6.07, 6.45) is 8.10. The predicted molar refractivity (Wildman–Crippen MR) is 143 cm³/mol. The summed E-state index contributed by atoms with van der Waals surface area (Å²) >= 11 is 1.94. The lowest BCUT2D eigenvalue weighted by Crippen LogP contribution is -2.69. The van der Waals surface area contributed by atoms with Crippen molar-refractivity contribution in [1.82, 2.24) is 10.2 Å². The Morgan fingerprint density at radius 2 is 1.70 bits per heavy atom. The van der Waals surface area contributed by atoms with Crippen molar-refractivity contribution in [3.63, 3.8) is 0 Å². The summed E-state index contributed by atoms with van der Waals surface area (Å²) in [5.74, 6) is -4.11. The molecule has 1 amide bonds. The Balaban J connectivity index is 1.49. The summed E-state index contributed by atoms with van der Waals surface area (Å²) in [7, 11) is 0. The first-order valence-corrected chi connectivity index (χ1v) is 13.7. The normalized spacial score (nSPS) is 17.9. The molecule has 2 N–H and O–H groups in total. The first-order chi connectivity index (χ1) is 17.7. The van der Waals surface area contributed by atoms with E-state index in [1.54, 1.807) is 6.07 Å². The minimum absolute atomic E-state index is 0.0831. The Morgan fingerprint density at radius 1 is 1.03 bits per heavy atom. The van der Waals surface area contributed by atoms with Gasteiger partial charge in [-0.25, -0.2) is 13.2 Å². The number of anilines is 2. The molecule has 0 aromatic heterocycles. The highest BCUT2D eigenvalue weighted by molar-refractivity contribution is 14.1. The number of hydrogen-bond acceptors (Lipinski definition) is 5. The highest BCUT2D eigenvalue weighted by atomic mass is 127. The number of nitrogens with zero attached hydrogens (tertiary/aromatic N) is 1. The zero-order chi connectivity index (χ0) is 26.6. The summed E-state index contributed by atoms with van der Waals surface area (Å²) in [4.78, 5) is 26.6. The van der Waals surface area contributed by atoms with E-state index in [0.717, 1.165) is 31.7 Å². The molecule has 0 radical (unpaired) electrons. The van der Waals surface area contributed by atoms with Gasteiger partial charge in [-0.1, -0.05) is 32.1 Å². The number of likely N-dealkylation sites (tertiary alicyclic amines) is 1. The zero-order valence-electron chi connectivity index (χ0n) is 20.7. The Labute approximate surface area is 228 Å². The monoisotopic (exact) mass is 629 g/mol. The van der Waals surface area contributed by atoms with Crippen LogP contribution in [0.25, 0.3) is 0 Å². The van der Waals surface area contributed by atoms with E-state index in [4.69, 9.17) is 4.74 Å². The molecular weight excluding hydrogens is 598 g/mol. The van der Waals surface area contributed by atoms with Crippen molar-refractivity contribution >= 4 is 45.8 Å². The molecule has 1 saturated carbocycles. The quantitative estimate of drug-likeness (QED) is 0.295. The van der Waals surface area contributed by atoms with E-state index in [1.165, 1.54) is 49.3 Å². The lowest BCUT2D eigenvalue weighted by Gasteiger charge is -2.49. The number of ether oxygens (including phenoxy) is 1. The SMILES string of the molecule is CC(=O)OC1(CNC2CCCCCCC2)CN(C(=O)c2ccc(F)c(F)c2Nc2ccc(I)cc2F)C1. The number of rotatable bonds is 7. The van der Waals surface area contributed by atoms with Crippen LogP contribution in [0.15, 0.2) is 30.3 Å². The van der Waals surface area contributed by atoms with Gasteiger partial charge in [0.2, 0.25) is 0 Å². The second-order valence-electron chi connectivity index (χ2n) is 9.89. The molecular formula is C27H31F3IN3O3.